The molecular formula is C13H13BrN2O4. The van der Waals surface area contributed by atoms with E-state index in [1.165, 1.54) is 26.3 Å². The summed E-state index contributed by atoms with van der Waals surface area (Å²) < 4.78 is 10.7. The molecule has 0 atom stereocenters. The molecule has 1 aliphatic rings. The van der Waals surface area contributed by atoms with Crippen LogP contribution in [0.5, 0.6) is 0 Å². The number of esters is 2. The van der Waals surface area contributed by atoms with Crippen molar-refractivity contribution in [3.05, 3.63) is 22.4 Å². The van der Waals surface area contributed by atoms with Crippen LogP contribution in [-0.2, 0) is 19.1 Å². The molecule has 6 nitrogen and oxygen atoms in total. The number of pyridine rings is 1. The molecule has 0 saturated carbocycles. The molecule has 20 heavy (non-hydrogen) atoms. The topological polar surface area (TPSA) is 77.9 Å². The van der Waals surface area contributed by atoms with E-state index in [2.05, 4.69) is 25.9 Å². The van der Waals surface area contributed by atoms with Gasteiger partial charge in [0.25, 0.3) is 5.79 Å². The molecule has 0 N–H and O–H groups in total. The van der Waals surface area contributed by atoms with E-state index < -0.39 is 23.6 Å². The van der Waals surface area contributed by atoms with Gasteiger partial charge in [-0.05, 0) is 34.5 Å². The highest BCUT2D eigenvalue weighted by Gasteiger charge is 2.42. The molecule has 2 rings (SSSR count). The Morgan fingerprint density at radius 1 is 1.35 bits per heavy atom. The molecule has 0 aliphatic carbocycles. The molecule has 0 bridgehead atoms. The van der Waals surface area contributed by atoms with Crippen LogP contribution >= 0.6 is 15.9 Å². The third-order valence-electron chi connectivity index (χ3n) is 2.57. The Bertz CT molecular complexity index is 578. The van der Waals surface area contributed by atoms with Gasteiger partial charge in [-0.1, -0.05) is 0 Å². The fourth-order valence-corrected chi connectivity index (χ4v) is 1.84. The van der Waals surface area contributed by atoms with Crippen molar-refractivity contribution in [2.24, 2.45) is 10.9 Å². The standard InChI is InChI=1S/C13H13BrN2O4/c1-7-4-8(5-16-10(7)14)15-6-9-11(17)19-13(2,3)20-12(9)18/h4-6,9H,1-3H3/b15-6+. The maximum Gasteiger partial charge on any atom is 0.329 e. The van der Waals surface area contributed by atoms with Crippen molar-refractivity contribution >= 4 is 39.8 Å². The van der Waals surface area contributed by atoms with Crippen molar-refractivity contribution in [2.75, 3.05) is 0 Å². The fourth-order valence-electron chi connectivity index (χ4n) is 1.62. The van der Waals surface area contributed by atoms with Gasteiger partial charge in [-0.15, -0.1) is 0 Å². The number of aliphatic imine (C=N–C) groups is 1. The number of hydrogen-bond acceptors (Lipinski definition) is 6. The number of aromatic nitrogens is 1. The average Bonchev–Trinajstić information content (AvgIpc) is 2.31. The molecule has 0 unspecified atom stereocenters. The van der Waals surface area contributed by atoms with E-state index in [4.69, 9.17) is 9.47 Å². The van der Waals surface area contributed by atoms with Gasteiger partial charge in [-0.25, -0.2) is 4.98 Å². The molecule has 1 saturated heterocycles. The first kappa shape index (κ1) is 14.6. The SMILES string of the molecule is Cc1cc(/N=C/C2C(=O)OC(C)(C)OC2=O)cnc1Br. The van der Waals surface area contributed by atoms with Crippen molar-refractivity contribution < 1.29 is 19.1 Å². The fraction of sp³-hybridized carbons (Fsp3) is 0.385. The van der Waals surface area contributed by atoms with E-state index in [9.17, 15) is 9.59 Å². The molecule has 1 aromatic rings. The summed E-state index contributed by atoms with van der Waals surface area (Å²) >= 11 is 3.28. The molecule has 2 heterocycles. The van der Waals surface area contributed by atoms with Crippen molar-refractivity contribution in [3.8, 4) is 0 Å². The lowest BCUT2D eigenvalue weighted by Gasteiger charge is -2.31. The van der Waals surface area contributed by atoms with Crippen molar-refractivity contribution in [2.45, 2.75) is 26.6 Å². The van der Waals surface area contributed by atoms with E-state index in [0.717, 1.165) is 10.2 Å². The third kappa shape index (κ3) is 3.22. The minimum absolute atomic E-state index is 0.538. The maximum absolute atomic E-state index is 11.7. The van der Waals surface area contributed by atoms with Gasteiger partial charge in [0.15, 0.2) is 5.92 Å². The van der Waals surface area contributed by atoms with E-state index in [1.807, 2.05) is 6.92 Å². The Morgan fingerprint density at radius 3 is 2.50 bits per heavy atom. The smallest absolute Gasteiger partial charge is 0.329 e. The van der Waals surface area contributed by atoms with Gasteiger partial charge in [0, 0.05) is 20.1 Å². The van der Waals surface area contributed by atoms with Crippen LogP contribution in [0.15, 0.2) is 21.9 Å². The van der Waals surface area contributed by atoms with Gasteiger partial charge >= 0.3 is 11.9 Å². The van der Waals surface area contributed by atoms with Crippen LogP contribution in [0.3, 0.4) is 0 Å². The summed E-state index contributed by atoms with van der Waals surface area (Å²) in [6, 6.07) is 1.77. The van der Waals surface area contributed by atoms with Crippen LogP contribution in [0.4, 0.5) is 5.69 Å². The molecule has 0 amide bonds. The maximum atomic E-state index is 11.7. The van der Waals surface area contributed by atoms with Gasteiger partial charge in [0.2, 0.25) is 0 Å². The Labute approximate surface area is 124 Å². The lowest BCUT2D eigenvalue weighted by molar-refractivity contribution is -0.235. The second-order valence-electron chi connectivity index (χ2n) is 4.80. The zero-order chi connectivity index (χ0) is 14.9. The second kappa shape index (κ2) is 5.32. The van der Waals surface area contributed by atoms with Crippen LogP contribution < -0.4 is 0 Å². The van der Waals surface area contributed by atoms with Gasteiger partial charge in [0.1, 0.15) is 4.60 Å². The van der Waals surface area contributed by atoms with Crippen molar-refractivity contribution in [1.29, 1.82) is 0 Å². The summed E-state index contributed by atoms with van der Waals surface area (Å²) in [5, 5.41) is 0. The monoisotopic (exact) mass is 340 g/mol. The first-order valence-electron chi connectivity index (χ1n) is 5.90. The van der Waals surface area contributed by atoms with Crippen LogP contribution in [0.25, 0.3) is 0 Å². The van der Waals surface area contributed by atoms with Gasteiger partial charge < -0.3 is 9.47 Å². The van der Waals surface area contributed by atoms with Gasteiger partial charge in [-0.2, -0.15) is 0 Å². The number of ether oxygens (including phenoxy) is 2. The van der Waals surface area contributed by atoms with Crippen LogP contribution in [0.2, 0.25) is 0 Å². The quantitative estimate of drug-likeness (QED) is 0.357. The summed E-state index contributed by atoms with van der Waals surface area (Å²) in [7, 11) is 0. The Balaban J connectivity index is 2.16. The molecular weight excluding hydrogens is 328 g/mol. The van der Waals surface area contributed by atoms with Crippen LogP contribution in [-0.4, -0.2) is 28.9 Å². The summed E-state index contributed by atoms with van der Waals surface area (Å²) in [6.45, 7) is 4.86. The van der Waals surface area contributed by atoms with E-state index >= 15 is 0 Å². The molecule has 0 aromatic carbocycles. The average molecular weight is 341 g/mol. The summed E-state index contributed by atoms with van der Waals surface area (Å²) in [6.07, 6.45) is 2.74. The highest BCUT2D eigenvalue weighted by atomic mass is 79.9. The zero-order valence-electron chi connectivity index (χ0n) is 11.2. The number of carbonyl (C=O) groups excluding carboxylic acids is 2. The van der Waals surface area contributed by atoms with E-state index in [0.29, 0.717) is 5.69 Å². The predicted octanol–water partition coefficient (Wildman–Crippen LogP) is 2.31. The molecule has 1 aliphatic heterocycles. The largest absolute Gasteiger partial charge is 0.422 e. The number of carbonyl (C=O) groups is 2. The van der Waals surface area contributed by atoms with E-state index in [1.54, 1.807) is 6.07 Å². The second-order valence-corrected chi connectivity index (χ2v) is 5.55. The summed E-state index contributed by atoms with van der Waals surface area (Å²) in [5.41, 5.74) is 1.44. The number of aryl methyl sites for hydroxylation is 1. The van der Waals surface area contributed by atoms with Crippen LogP contribution in [0, 0.1) is 12.8 Å². The zero-order valence-corrected chi connectivity index (χ0v) is 12.8. The first-order chi connectivity index (χ1) is 9.28. The first-order valence-corrected chi connectivity index (χ1v) is 6.70. The number of hydrogen-bond donors (Lipinski definition) is 0. The van der Waals surface area contributed by atoms with Crippen molar-refractivity contribution in [1.82, 2.24) is 4.98 Å². The highest BCUT2D eigenvalue weighted by molar-refractivity contribution is 9.10. The van der Waals surface area contributed by atoms with E-state index in [-0.39, 0.29) is 0 Å². The number of nitrogens with zero attached hydrogens (tertiary/aromatic N) is 2. The molecule has 106 valence electrons. The molecule has 7 heteroatoms. The van der Waals surface area contributed by atoms with Gasteiger partial charge in [-0.3, -0.25) is 14.6 Å². The van der Waals surface area contributed by atoms with Crippen molar-refractivity contribution in [3.63, 3.8) is 0 Å². The minimum atomic E-state index is -1.23. The van der Waals surface area contributed by atoms with Gasteiger partial charge in [0.05, 0.1) is 11.9 Å². The summed E-state index contributed by atoms with van der Waals surface area (Å²) in [5.74, 6) is -3.71. The Hall–Kier alpha value is -1.76. The Kier molecular flexibility index (Phi) is 3.89. The predicted molar refractivity (Wildman–Crippen MR) is 74.6 cm³/mol. The number of halogens is 1. The lowest BCUT2D eigenvalue weighted by Crippen LogP contribution is -2.46. The number of rotatable bonds is 2. The normalized spacial score (nSPS) is 19.0. The van der Waals surface area contributed by atoms with Crippen LogP contribution in [0.1, 0.15) is 19.4 Å². The molecule has 1 fully saturated rings. The molecule has 1 aromatic heterocycles. The lowest BCUT2D eigenvalue weighted by atomic mass is 10.1. The Morgan fingerprint density at radius 2 is 1.95 bits per heavy atom. The minimum Gasteiger partial charge on any atom is -0.422 e. The third-order valence-corrected chi connectivity index (χ3v) is 3.40. The summed E-state index contributed by atoms with van der Waals surface area (Å²) in [4.78, 5) is 31.6. The molecule has 0 radical (unpaired) electrons. The highest BCUT2D eigenvalue weighted by Crippen LogP contribution is 2.23. The molecule has 0 spiro atoms. The number of cyclic esters (lactones) is 2.